The Balaban J connectivity index is 1.39. The van der Waals surface area contributed by atoms with Gasteiger partial charge in [-0.15, -0.1) is 0 Å². The molecular weight excluding hydrogens is 382 g/mol. The second-order valence-corrected chi connectivity index (χ2v) is 6.89. The van der Waals surface area contributed by atoms with Crippen LogP contribution in [-0.2, 0) is 20.8 Å². The highest BCUT2D eigenvalue weighted by molar-refractivity contribution is 6.30. The van der Waals surface area contributed by atoms with Gasteiger partial charge in [0, 0.05) is 18.2 Å². The van der Waals surface area contributed by atoms with E-state index in [1.165, 1.54) is 0 Å². The Labute approximate surface area is 168 Å². The average Bonchev–Trinajstić information content (AvgIpc) is 3.23. The Kier molecular flexibility index (Phi) is 7.28. The minimum absolute atomic E-state index is 0.134. The predicted octanol–water partition coefficient (Wildman–Crippen LogP) is 3.37. The molecule has 6 nitrogen and oxygen atoms in total. The summed E-state index contributed by atoms with van der Waals surface area (Å²) in [5.41, 5.74) is 1.22. The number of amides is 1. The molecule has 0 spiro atoms. The molecule has 1 aliphatic heterocycles. The standard InChI is InChI=1S/C21H22ClNO5/c22-17-4-1-3-15(11-17)12-23-20(24)14-28-21(25)16-6-8-18(9-7-16)27-13-19-5-2-10-26-19/h1,3-4,6-9,11,19H,2,5,10,12-14H2,(H,23,24)/t19-/m0/s1. The highest BCUT2D eigenvalue weighted by Gasteiger charge is 2.16. The molecule has 0 radical (unpaired) electrons. The fourth-order valence-corrected chi connectivity index (χ4v) is 2.98. The average molecular weight is 404 g/mol. The molecule has 7 heteroatoms. The van der Waals surface area contributed by atoms with E-state index in [1.807, 2.05) is 6.07 Å². The molecule has 0 aliphatic carbocycles. The minimum Gasteiger partial charge on any atom is -0.491 e. The van der Waals surface area contributed by atoms with Gasteiger partial charge < -0.3 is 19.5 Å². The SMILES string of the molecule is O=C(COC(=O)c1ccc(OC[C@@H]2CCCO2)cc1)NCc1cccc(Cl)c1. The Morgan fingerprint density at radius 1 is 1.18 bits per heavy atom. The maximum Gasteiger partial charge on any atom is 0.338 e. The molecule has 0 bridgehead atoms. The zero-order valence-electron chi connectivity index (χ0n) is 15.4. The Bertz CT molecular complexity index is 803. The van der Waals surface area contributed by atoms with E-state index in [-0.39, 0.29) is 18.6 Å². The number of esters is 1. The first-order valence-electron chi connectivity index (χ1n) is 9.13. The van der Waals surface area contributed by atoms with Crippen molar-refractivity contribution in [1.29, 1.82) is 0 Å². The van der Waals surface area contributed by atoms with Gasteiger partial charge in [0.2, 0.25) is 0 Å². The summed E-state index contributed by atoms with van der Waals surface area (Å²) in [6.07, 6.45) is 2.20. The van der Waals surface area contributed by atoms with Crippen LogP contribution in [0.15, 0.2) is 48.5 Å². The Morgan fingerprint density at radius 3 is 2.71 bits per heavy atom. The van der Waals surface area contributed by atoms with Crippen LogP contribution < -0.4 is 10.1 Å². The van der Waals surface area contributed by atoms with E-state index in [0.29, 0.717) is 29.5 Å². The van der Waals surface area contributed by atoms with Crippen LogP contribution >= 0.6 is 11.6 Å². The first-order chi connectivity index (χ1) is 13.6. The maximum absolute atomic E-state index is 12.1. The number of rotatable bonds is 8. The first kappa shape index (κ1) is 20.2. The van der Waals surface area contributed by atoms with Crippen molar-refractivity contribution in [1.82, 2.24) is 5.32 Å². The zero-order valence-corrected chi connectivity index (χ0v) is 16.1. The van der Waals surface area contributed by atoms with E-state index < -0.39 is 5.97 Å². The molecule has 1 heterocycles. The van der Waals surface area contributed by atoms with Crippen LogP contribution in [0.2, 0.25) is 5.02 Å². The number of halogens is 1. The molecule has 1 aliphatic rings. The second-order valence-electron chi connectivity index (χ2n) is 6.45. The van der Waals surface area contributed by atoms with Crippen LogP contribution in [-0.4, -0.2) is 37.8 Å². The normalized spacial score (nSPS) is 15.8. The van der Waals surface area contributed by atoms with Crippen LogP contribution in [0.5, 0.6) is 5.75 Å². The fourth-order valence-electron chi connectivity index (χ4n) is 2.77. The van der Waals surface area contributed by atoms with Crippen molar-refractivity contribution in [3.63, 3.8) is 0 Å². The number of carbonyl (C=O) groups excluding carboxylic acids is 2. The van der Waals surface area contributed by atoms with Gasteiger partial charge in [-0.25, -0.2) is 4.79 Å². The molecule has 0 saturated carbocycles. The summed E-state index contributed by atoms with van der Waals surface area (Å²) in [6, 6.07) is 13.8. The minimum atomic E-state index is -0.566. The van der Waals surface area contributed by atoms with E-state index >= 15 is 0 Å². The lowest BCUT2D eigenvalue weighted by Gasteiger charge is -2.11. The summed E-state index contributed by atoms with van der Waals surface area (Å²) in [6.45, 7) is 1.24. The van der Waals surface area contributed by atoms with Crippen LogP contribution in [0.25, 0.3) is 0 Å². The first-order valence-corrected chi connectivity index (χ1v) is 9.51. The van der Waals surface area contributed by atoms with Gasteiger partial charge in [0.15, 0.2) is 6.61 Å². The van der Waals surface area contributed by atoms with Crippen molar-refractivity contribution in [2.24, 2.45) is 0 Å². The van der Waals surface area contributed by atoms with E-state index in [4.69, 9.17) is 25.8 Å². The molecule has 1 fully saturated rings. The topological polar surface area (TPSA) is 73.9 Å². The number of ether oxygens (including phenoxy) is 3. The third-order valence-corrected chi connectivity index (χ3v) is 4.50. The summed E-state index contributed by atoms with van der Waals surface area (Å²) in [5.74, 6) is -0.292. The van der Waals surface area contributed by atoms with Crippen molar-refractivity contribution in [3.8, 4) is 5.75 Å². The Morgan fingerprint density at radius 2 is 2.00 bits per heavy atom. The Hall–Kier alpha value is -2.57. The number of carbonyl (C=O) groups is 2. The highest BCUT2D eigenvalue weighted by atomic mass is 35.5. The highest BCUT2D eigenvalue weighted by Crippen LogP contribution is 2.17. The summed E-state index contributed by atoms with van der Waals surface area (Å²) in [4.78, 5) is 23.9. The number of nitrogens with one attached hydrogen (secondary N) is 1. The second kappa shape index (κ2) is 10.1. The van der Waals surface area contributed by atoms with Crippen LogP contribution in [0.1, 0.15) is 28.8 Å². The smallest absolute Gasteiger partial charge is 0.338 e. The monoisotopic (exact) mass is 403 g/mol. The van der Waals surface area contributed by atoms with Crippen molar-refractivity contribution >= 4 is 23.5 Å². The van der Waals surface area contributed by atoms with Crippen molar-refractivity contribution < 1.29 is 23.8 Å². The van der Waals surface area contributed by atoms with Crippen molar-refractivity contribution in [2.45, 2.75) is 25.5 Å². The van der Waals surface area contributed by atoms with Gasteiger partial charge in [-0.05, 0) is 54.8 Å². The molecule has 0 aromatic heterocycles. The number of hydrogen-bond donors (Lipinski definition) is 1. The van der Waals surface area contributed by atoms with Crippen LogP contribution in [0.3, 0.4) is 0 Å². The van der Waals surface area contributed by atoms with Gasteiger partial charge in [-0.3, -0.25) is 4.79 Å². The fraction of sp³-hybridized carbons (Fsp3) is 0.333. The van der Waals surface area contributed by atoms with Crippen molar-refractivity contribution in [3.05, 3.63) is 64.7 Å². The quantitative estimate of drug-likeness (QED) is 0.684. The van der Waals surface area contributed by atoms with Gasteiger partial charge in [0.25, 0.3) is 5.91 Å². The van der Waals surface area contributed by atoms with Crippen LogP contribution in [0, 0.1) is 0 Å². The summed E-state index contributed by atoms with van der Waals surface area (Å²) >= 11 is 5.90. The van der Waals surface area contributed by atoms with Gasteiger partial charge in [-0.1, -0.05) is 23.7 Å². The molecule has 28 heavy (non-hydrogen) atoms. The van der Waals surface area contributed by atoms with Crippen LogP contribution in [0.4, 0.5) is 0 Å². The lowest BCUT2D eigenvalue weighted by Crippen LogP contribution is -2.28. The third kappa shape index (κ3) is 6.25. The predicted molar refractivity (Wildman–Crippen MR) is 104 cm³/mol. The van der Waals surface area contributed by atoms with Gasteiger partial charge >= 0.3 is 5.97 Å². The largest absolute Gasteiger partial charge is 0.491 e. The summed E-state index contributed by atoms with van der Waals surface area (Å²) < 4.78 is 16.2. The lowest BCUT2D eigenvalue weighted by molar-refractivity contribution is -0.124. The molecule has 2 aromatic rings. The molecule has 1 N–H and O–H groups in total. The summed E-state index contributed by atoms with van der Waals surface area (Å²) in [7, 11) is 0. The van der Waals surface area contributed by atoms with Crippen molar-refractivity contribution in [2.75, 3.05) is 19.8 Å². The molecule has 3 rings (SSSR count). The summed E-state index contributed by atoms with van der Waals surface area (Å²) in [5, 5.41) is 3.28. The molecule has 0 unspecified atom stereocenters. The molecule has 1 amide bonds. The molecule has 1 atom stereocenters. The lowest BCUT2D eigenvalue weighted by atomic mass is 10.2. The van der Waals surface area contributed by atoms with E-state index in [1.54, 1.807) is 42.5 Å². The van der Waals surface area contributed by atoms with E-state index in [0.717, 1.165) is 25.0 Å². The number of hydrogen-bond acceptors (Lipinski definition) is 5. The van der Waals surface area contributed by atoms with E-state index in [2.05, 4.69) is 5.32 Å². The molecule has 1 saturated heterocycles. The van der Waals surface area contributed by atoms with Gasteiger partial charge in [0.1, 0.15) is 12.4 Å². The molecule has 148 valence electrons. The van der Waals surface area contributed by atoms with E-state index in [9.17, 15) is 9.59 Å². The maximum atomic E-state index is 12.1. The van der Waals surface area contributed by atoms with Gasteiger partial charge in [-0.2, -0.15) is 0 Å². The van der Waals surface area contributed by atoms with Gasteiger partial charge in [0.05, 0.1) is 11.7 Å². The molecular formula is C21H22ClNO5. The number of benzene rings is 2. The zero-order chi connectivity index (χ0) is 19.8. The molecule has 2 aromatic carbocycles. The third-order valence-electron chi connectivity index (χ3n) is 4.26.